The number of hydrogen-bond donors (Lipinski definition) is 0. The Labute approximate surface area is 110 Å². The minimum absolute atomic E-state index is 0.667. The van der Waals surface area contributed by atoms with Crippen LogP contribution in [0.25, 0.3) is 11.5 Å². The number of hydrogen-bond acceptors (Lipinski definition) is 3. The Bertz CT molecular complexity index is 703. The summed E-state index contributed by atoms with van der Waals surface area (Å²) in [5.74, 6) is 0.763. The van der Waals surface area contributed by atoms with Gasteiger partial charge in [-0.15, -0.1) is 0 Å². The van der Waals surface area contributed by atoms with Crippen molar-refractivity contribution in [2.75, 3.05) is 0 Å². The largest absolute Gasteiger partial charge is 0.463 e. The number of nitriles is 1. The average Bonchev–Trinajstić information content (AvgIpc) is 3.10. The van der Waals surface area contributed by atoms with Gasteiger partial charge in [-0.1, -0.05) is 12.1 Å². The van der Waals surface area contributed by atoms with Crippen LogP contribution in [0.4, 0.5) is 0 Å². The lowest BCUT2D eigenvalue weighted by Gasteiger charge is -2.01. The molecule has 2 aromatic heterocycles. The molecule has 0 aliphatic rings. The number of furan rings is 1. The normalized spacial score (nSPS) is 10.3. The van der Waals surface area contributed by atoms with Gasteiger partial charge in [0.2, 0.25) is 0 Å². The Morgan fingerprint density at radius 1 is 1.16 bits per heavy atom. The highest BCUT2D eigenvalue weighted by Crippen LogP contribution is 2.17. The fourth-order valence-electron chi connectivity index (χ4n) is 1.88. The second-order valence-corrected chi connectivity index (χ2v) is 4.18. The van der Waals surface area contributed by atoms with E-state index in [9.17, 15) is 0 Å². The van der Waals surface area contributed by atoms with Crippen LogP contribution in [0.1, 0.15) is 11.1 Å². The fraction of sp³-hybridized carbons (Fsp3) is 0.0667. The van der Waals surface area contributed by atoms with Gasteiger partial charge in [-0.2, -0.15) is 10.4 Å². The van der Waals surface area contributed by atoms with Crippen LogP contribution in [0.15, 0.2) is 59.3 Å². The molecule has 0 atom stereocenters. The zero-order valence-electron chi connectivity index (χ0n) is 10.2. The summed E-state index contributed by atoms with van der Waals surface area (Å²) in [6, 6.07) is 15.2. The summed E-state index contributed by atoms with van der Waals surface area (Å²) >= 11 is 0. The molecule has 19 heavy (non-hydrogen) atoms. The standard InChI is InChI=1S/C15H11N3O/c16-10-12-3-5-13(6-4-12)11-18-8-7-14(17-18)15-2-1-9-19-15/h1-9H,11H2. The highest BCUT2D eigenvalue weighted by Gasteiger charge is 2.05. The molecule has 3 rings (SSSR count). The Morgan fingerprint density at radius 3 is 2.68 bits per heavy atom. The van der Waals surface area contributed by atoms with Crippen LogP contribution in [-0.4, -0.2) is 9.78 Å². The van der Waals surface area contributed by atoms with Crippen molar-refractivity contribution in [1.29, 1.82) is 5.26 Å². The zero-order chi connectivity index (χ0) is 13.1. The van der Waals surface area contributed by atoms with Crippen LogP contribution < -0.4 is 0 Å². The quantitative estimate of drug-likeness (QED) is 0.716. The van der Waals surface area contributed by atoms with Gasteiger partial charge in [0.05, 0.1) is 24.4 Å². The molecule has 0 saturated heterocycles. The Hall–Kier alpha value is -2.80. The van der Waals surface area contributed by atoms with E-state index in [1.165, 1.54) is 0 Å². The lowest BCUT2D eigenvalue weighted by molar-refractivity contribution is 0.576. The topological polar surface area (TPSA) is 54.8 Å². The monoisotopic (exact) mass is 249 g/mol. The summed E-state index contributed by atoms with van der Waals surface area (Å²) in [5, 5.41) is 13.2. The molecular formula is C15H11N3O. The Balaban J connectivity index is 1.78. The highest BCUT2D eigenvalue weighted by atomic mass is 16.3. The van der Waals surface area contributed by atoms with Gasteiger partial charge in [0.25, 0.3) is 0 Å². The van der Waals surface area contributed by atoms with Crippen molar-refractivity contribution in [3.05, 3.63) is 66.1 Å². The van der Waals surface area contributed by atoms with E-state index in [0.29, 0.717) is 12.1 Å². The van der Waals surface area contributed by atoms with Gasteiger partial charge >= 0.3 is 0 Å². The van der Waals surface area contributed by atoms with Crippen molar-refractivity contribution in [2.24, 2.45) is 0 Å². The van der Waals surface area contributed by atoms with Gasteiger partial charge in [-0.3, -0.25) is 4.68 Å². The van der Waals surface area contributed by atoms with Crippen molar-refractivity contribution in [2.45, 2.75) is 6.54 Å². The van der Waals surface area contributed by atoms with E-state index in [0.717, 1.165) is 17.0 Å². The minimum atomic E-state index is 0.667. The van der Waals surface area contributed by atoms with Gasteiger partial charge in [0.15, 0.2) is 5.76 Å². The third kappa shape index (κ3) is 2.40. The molecule has 0 aliphatic carbocycles. The first-order chi connectivity index (χ1) is 9.35. The van der Waals surface area contributed by atoms with Gasteiger partial charge in [0, 0.05) is 6.20 Å². The molecule has 0 radical (unpaired) electrons. The van der Waals surface area contributed by atoms with Crippen molar-refractivity contribution in [3.8, 4) is 17.5 Å². The van der Waals surface area contributed by atoms with Crippen molar-refractivity contribution >= 4 is 0 Å². The maximum absolute atomic E-state index is 8.75. The van der Waals surface area contributed by atoms with E-state index in [1.54, 1.807) is 6.26 Å². The summed E-state index contributed by atoms with van der Waals surface area (Å²) in [4.78, 5) is 0. The van der Waals surface area contributed by atoms with E-state index in [-0.39, 0.29) is 0 Å². The van der Waals surface area contributed by atoms with Gasteiger partial charge in [-0.25, -0.2) is 0 Å². The molecule has 4 heteroatoms. The van der Waals surface area contributed by atoms with Crippen LogP contribution in [0.5, 0.6) is 0 Å². The van der Waals surface area contributed by atoms with Gasteiger partial charge < -0.3 is 4.42 Å². The van der Waals surface area contributed by atoms with E-state index in [4.69, 9.17) is 9.68 Å². The van der Waals surface area contributed by atoms with Gasteiger partial charge in [-0.05, 0) is 35.9 Å². The molecule has 0 bridgehead atoms. The second-order valence-electron chi connectivity index (χ2n) is 4.18. The first-order valence-corrected chi connectivity index (χ1v) is 5.91. The maximum Gasteiger partial charge on any atom is 0.154 e. The van der Waals surface area contributed by atoms with E-state index >= 15 is 0 Å². The molecule has 0 fully saturated rings. The summed E-state index contributed by atoms with van der Waals surface area (Å²) < 4.78 is 7.15. The molecular weight excluding hydrogens is 238 g/mol. The van der Waals surface area contributed by atoms with Crippen molar-refractivity contribution in [1.82, 2.24) is 9.78 Å². The zero-order valence-corrected chi connectivity index (χ0v) is 10.2. The lowest BCUT2D eigenvalue weighted by Crippen LogP contribution is -2.00. The molecule has 92 valence electrons. The first-order valence-electron chi connectivity index (χ1n) is 5.91. The third-order valence-corrected chi connectivity index (χ3v) is 2.84. The SMILES string of the molecule is N#Cc1ccc(Cn2ccc(-c3ccco3)n2)cc1. The Kier molecular flexibility index (Phi) is 2.87. The Morgan fingerprint density at radius 2 is 2.00 bits per heavy atom. The molecule has 0 saturated carbocycles. The molecule has 0 amide bonds. The van der Waals surface area contributed by atoms with Crippen LogP contribution in [0.2, 0.25) is 0 Å². The molecule has 4 nitrogen and oxygen atoms in total. The smallest absolute Gasteiger partial charge is 0.154 e. The van der Waals surface area contributed by atoms with E-state index in [2.05, 4.69) is 11.2 Å². The molecule has 0 unspecified atom stereocenters. The molecule has 0 aliphatic heterocycles. The van der Waals surface area contributed by atoms with Crippen LogP contribution in [-0.2, 0) is 6.54 Å². The molecule has 0 N–H and O–H groups in total. The molecule has 2 heterocycles. The van der Waals surface area contributed by atoms with E-state index < -0.39 is 0 Å². The molecule has 1 aromatic carbocycles. The van der Waals surface area contributed by atoms with Crippen molar-refractivity contribution in [3.63, 3.8) is 0 Å². The molecule has 3 aromatic rings. The van der Waals surface area contributed by atoms with Crippen molar-refractivity contribution < 1.29 is 4.42 Å². The number of aromatic nitrogens is 2. The van der Waals surface area contributed by atoms with Gasteiger partial charge in [0.1, 0.15) is 5.69 Å². The number of benzene rings is 1. The summed E-state index contributed by atoms with van der Waals surface area (Å²) in [6.07, 6.45) is 3.55. The van der Waals surface area contributed by atoms with Crippen LogP contribution in [0, 0.1) is 11.3 Å². The van der Waals surface area contributed by atoms with Crippen LogP contribution in [0.3, 0.4) is 0 Å². The number of rotatable bonds is 3. The second kappa shape index (κ2) is 4.83. The third-order valence-electron chi connectivity index (χ3n) is 2.84. The maximum atomic E-state index is 8.75. The first kappa shape index (κ1) is 11.3. The fourth-order valence-corrected chi connectivity index (χ4v) is 1.88. The lowest BCUT2D eigenvalue weighted by atomic mass is 10.1. The highest BCUT2D eigenvalue weighted by molar-refractivity contribution is 5.50. The summed E-state index contributed by atoms with van der Waals surface area (Å²) in [6.45, 7) is 0.673. The summed E-state index contributed by atoms with van der Waals surface area (Å²) in [5.41, 5.74) is 2.59. The van der Waals surface area contributed by atoms with Crippen LogP contribution >= 0.6 is 0 Å². The minimum Gasteiger partial charge on any atom is -0.463 e. The number of nitrogens with zero attached hydrogens (tertiary/aromatic N) is 3. The molecule has 0 spiro atoms. The predicted octanol–water partition coefficient (Wildman–Crippen LogP) is 3.06. The summed E-state index contributed by atoms with van der Waals surface area (Å²) in [7, 11) is 0. The predicted molar refractivity (Wildman–Crippen MR) is 70.2 cm³/mol. The van der Waals surface area contributed by atoms with E-state index in [1.807, 2.05) is 53.3 Å². The average molecular weight is 249 g/mol.